The molecule has 2 heterocycles. The Labute approximate surface area is 226 Å². The second kappa shape index (κ2) is 12.2. The van der Waals surface area contributed by atoms with E-state index in [1.165, 1.54) is 30.7 Å². The molecule has 11 nitrogen and oxygen atoms in total. The fourth-order valence-electron chi connectivity index (χ4n) is 3.67. The van der Waals surface area contributed by atoms with Crippen LogP contribution in [0.4, 0.5) is 0 Å². The standard InChI is InChI=1S/C29H20N2O9/c32-25(19-6-8-22(23(11-19)27(35)36)28(37)39-15-17-3-1-9-30-13-17)20-5-7-21(26(33)34)24(12-20)29(38)40-16-18-4-2-10-31-14-18/h1-14H,15-16H2,(H,33,34)(H,35,36). The van der Waals surface area contributed by atoms with Crippen LogP contribution in [0.3, 0.4) is 0 Å². The van der Waals surface area contributed by atoms with Gasteiger partial charge >= 0.3 is 23.9 Å². The fourth-order valence-corrected chi connectivity index (χ4v) is 3.67. The number of aromatic nitrogens is 2. The lowest BCUT2D eigenvalue weighted by Crippen LogP contribution is -2.15. The van der Waals surface area contributed by atoms with Crippen LogP contribution in [0.2, 0.25) is 0 Å². The predicted molar refractivity (Wildman–Crippen MR) is 137 cm³/mol. The quantitative estimate of drug-likeness (QED) is 0.221. The lowest BCUT2D eigenvalue weighted by atomic mass is 9.95. The first-order valence-electron chi connectivity index (χ1n) is 11.7. The van der Waals surface area contributed by atoms with E-state index in [2.05, 4.69) is 9.97 Å². The summed E-state index contributed by atoms with van der Waals surface area (Å²) in [6, 6.07) is 13.4. The van der Waals surface area contributed by atoms with Crippen molar-refractivity contribution in [2.75, 3.05) is 0 Å². The molecule has 0 radical (unpaired) electrons. The van der Waals surface area contributed by atoms with Crippen molar-refractivity contribution in [2.24, 2.45) is 0 Å². The second-order valence-corrected chi connectivity index (χ2v) is 8.33. The summed E-state index contributed by atoms with van der Waals surface area (Å²) in [4.78, 5) is 70.0. The van der Waals surface area contributed by atoms with Gasteiger partial charge in [0.05, 0.1) is 22.3 Å². The monoisotopic (exact) mass is 540 g/mol. The summed E-state index contributed by atoms with van der Waals surface area (Å²) in [7, 11) is 0. The van der Waals surface area contributed by atoms with Gasteiger partial charge in [-0.2, -0.15) is 0 Å². The number of ketones is 1. The largest absolute Gasteiger partial charge is 0.478 e. The summed E-state index contributed by atoms with van der Waals surface area (Å²) < 4.78 is 10.4. The van der Waals surface area contributed by atoms with Crippen LogP contribution in [0.5, 0.6) is 0 Å². The van der Waals surface area contributed by atoms with Crippen molar-refractivity contribution >= 4 is 29.7 Å². The van der Waals surface area contributed by atoms with E-state index in [9.17, 15) is 34.2 Å². The highest BCUT2D eigenvalue weighted by Gasteiger charge is 2.24. The molecule has 200 valence electrons. The molecule has 0 saturated heterocycles. The molecule has 0 bridgehead atoms. The fraction of sp³-hybridized carbons (Fsp3) is 0.0690. The molecule has 2 aromatic heterocycles. The van der Waals surface area contributed by atoms with Crippen LogP contribution in [0.15, 0.2) is 85.5 Å². The van der Waals surface area contributed by atoms with Crippen LogP contribution in [0.1, 0.15) is 68.5 Å². The first-order valence-corrected chi connectivity index (χ1v) is 11.7. The van der Waals surface area contributed by atoms with Gasteiger partial charge in [-0.25, -0.2) is 19.2 Å². The number of hydrogen-bond acceptors (Lipinski definition) is 9. The van der Waals surface area contributed by atoms with Crippen molar-refractivity contribution in [1.29, 1.82) is 0 Å². The molecule has 4 rings (SSSR count). The van der Waals surface area contributed by atoms with Crippen molar-refractivity contribution in [3.63, 3.8) is 0 Å². The Hall–Kier alpha value is -5.71. The topological polar surface area (TPSA) is 170 Å². The first-order chi connectivity index (χ1) is 19.2. The molecule has 4 aromatic rings. The van der Waals surface area contributed by atoms with E-state index in [0.29, 0.717) is 11.1 Å². The minimum absolute atomic E-state index is 0.0958. The molecule has 0 aliphatic carbocycles. The van der Waals surface area contributed by atoms with Gasteiger partial charge in [-0.15, -0.1) is 0 Å². The first kappa shape index (κ1) is 27.3. The third-order valence-corrected chi connectivity index (χ3v) is 5.65. The van der Waals surface area contributed by atoms with Crippen LogP contribution in [-0.4, -0.2) is 49.8 Å². The lowest BCUT2D eigenvalue weighted by molar-refractivity contribution is 0.0457. The number of carbonyl (C=O) groups is 5. The molecule has 2 aromatic carbocycles. The number of carboxylic acids is 2. The van der Waals surface area contributed by atoms with E-state index < -0.39 is 35.2 Å². The van der Waals surface area contributed by atoms with Gasteiger partial charge in [-0.3, -0.25) is 14.8 Å². The Balaban J connectivity index is 1.58. The van der Waals surface area contributed by atoms with Gasteiger partial charge in [0.1, 0.15) is 13.2 Å². The van der Waals surface area contributed by atoms with Crippen LogP contribution in [0.25, 0.3) is 0 Å². The molecule has 0 saturated carbocycles. The minimum atomic E-state index is -1.47. The third-order valence-electron chi connectivity index (χ3n) is 5.65. The molecular weight excluding hydrogens is 520 g/mol. The van der Waals surface area contributed by atoms with Crippen molar-refractivity contribution in [1.82, 2.24) is 9.97 Å². The molecule has 40 heavy (non-hydrogen) atoms. The van der Waals surface area contributed by atoms with E-state index in [0.717, 1.165) is 24.3 Å². The molecule has 0 amide bonds. The summed E-state index contributed by atoms with van der Waals surface area (Å²) in [5.74, 6) is -5.48. The summed E-state index contributed by atoms with van der Waals surface area (Å²) in [6.45, 7) is -0.313. The Morgan fingerprint density at radius 2 is 1.07 bits per heavy atom. The average molecular weight is 540 g/mol. The summed E-state index contributed by atoms with van der Waals surface area (Å²) in [6.07, 6.45) is 6.05. The number of aromatic carboxylic acids is 2. The molecule has 0 fully saturated rings. The van der Waals surface area contributed by atoms with E-state index in [4.69, 9.17) is 9.47 Å². The van der Waals surface area contributed by atoms with Crippen LogP contribution in [0, 0.1) is 0 Å². The average Bonchev–Trinajstić information content (AvgIpc) is 2.98. The van der Waals surface area contributed by atoms with Gasteiger partial charge in [-0.1, -0.05) is 24.3 Å². The molecule has 0 spiro atoms. The zero-order valence-corrected chi connectivity index (χ0v) is 20.6. The number of nitrogens with zero attached hydrogens (tertiary/aromatic N) is 2. The highest BCUT2D eigenvalue weighted by Crippen LogP contribution is 2.21. The number of carboxylic acid groups (broad SMARTS) is 2. The van der Waals surface area contributed by atoms with E-state index in [-0.39, 0.29) is 41.0 Å². The maximum absolute atomic E-state index is 13.2. The van der Waals surface area contributed by atoms with Gasteiger partial charge in [0.15, 0.2) is 5.78 Å². The van der Waals surface area contributed by atoms with Crippen molar-refractivity contribution in [3.8, 4) is 0 Å². The molecule has 2 N–H and O–H groups in total. The number of esters is 2. The van der Waals surface area contributed by atoms with Crippen LogP contribution in [-0.2, 0) is 22.7 Å². The molecule has 11 heteroatoms. The molecule has 0 aliphatic heterocycles. The van der Waals surface area contributed by atoms with Crippen molar-refractivity contribution in [3.05, 3.63) is 130 Å². The Morgan fingerprint density at radius 1 is 0.600 bits per heavy atom. The number of benzene rings is 2. The number of pyridine rings is 2. The van der Waals surface area contributed by atoms with Gasteiger partial charge in [-0.05, 0) is 36.4 Å². The number of rotatable bonds is 10. The SMILES string of the molecule is O=C(c1ccc(C(=O)OCc2cccnc2)c(C(=O)O)c1)c1ccc(C(=O)O)c(C(=O)OCc2cccnc2)c1. The van der Waals surface area contributed by atoms with Crippen LogP contribution < -0.4 is 0 Å². The minimum Gasteiger partial charge on any atom is -0.478 e. The Morgan fingerprint density at radius 3 is 1.55 bits per heavy atom. The van der Waals surface area contributed by atoms with Crippen molar-refractivity contribution in [2.45, 2.75) is 13.2 Å². The molecule has 0 unspecified atom stereocenters. The maximum Gasteiger partial charge on any atom is 0.339 e. The maximum atomic E-state index is 13.2. The van der Waals surface area contributed by atoms with E-state index >= 15 is 0 Å². The van der Waals surface area contributed by atoms with Gasteiger partial charge in [0.2, 0.25) is 0 Å². The predicted octanol–water partition coefficient (Wildman–Crippen LogP) is 3.82. The van der Waals surface area contributed by atoms with Gasteiger partial charge < -0.3 is 19.7 Å². The van der Waals surface area contributed by atoms with E-state index in [1.807, 2.05) is 0 Å². The zero-order chi connectivity index (χ0) is 28.6. The molecule has 0 atom stereocenters. The Kier molecular flexibility index (Phi) is 8.35. The number of carbonyl (C=O) groups excluding carboxylic acids is 3. The summed E-state index contributed by atoms with van der Waals surface area (Å²) in [5, 5.41) is 19.2. The van der Waals surface area contributed by atoms with Crippen LogP contribution >= 0.6 is 0 Å². The van der Waals surface area contributed by atoms with Gasteiger partial charge in [0.25, 0.3) is 0 Å². The smallest absolute Gasteiger partial charge is 0.339 e. The third kappa shape index (κ3) is 6.40. The van der Waals surface area contributed by atoms with Gasteiger partial charge in [0, 0.05) is 47.0 Å². The summed E-state index contributed by atoms with van der Waals surface area (Å²) in [5.41, 5.74) is -0.532. The van der Waals surface area contributed by atoms with Crippen molar-refractivity contribution < 1.29 is 43.7 Å². The highest BCUT2D eigenvalue weighted by molar-refractivity contribution is 6.13. The molecular formula is C29H20N2O9. The Bertz CT molecular complexity index is 1600. The molecule has 0 aliphatic rings. The number of ether oxygens (including phenoxy) is 2. The zero-order valence-electron chi connectivity index (χ0n) is 20.6. The summed E-state index contributed by atoms with van der Waals surface area (Å²) >= 11 is 0. The lowest BCUT2D eigenvalue weighted by Gasteiger charge is -2.11. The highest BCUT2D eigenvalue weighted by atomic mass is 16.5. The number of hydrogen-bond donors (Lipinski definition) is 2. The normalized spacial score (nSPS) is 10.4. The van der Waals surface area contributed by atoms with E-state index in [1.54, 1.807) is 30.5 Å². The second-order valence-electron chi connectivity index (χ2n) is 8.33.